The van der Waals surface area contributed by atoms with E-state index < -0.39 is 16.1 Å². The number of benzene rings is 2. The van der Waals surface area contributed by atoms with E-state index >= 15 is 0 Å². The highest BCUT2D eigenvalue weighted by atomic mass is 32.2. The Bertz CT molecular complexity index is 964. The topological polar surface area (TPSA) is 84.9 Å². The number of nitrogens with zero attached hydrogens (tertiary/aromatic N) is 1. The van der Waals surface area contributed by atoms with E-state index in [0.29, 0.717) is 28.3 Å². The molecule has 144 valence electrons. The zero-order valence-electron chi connectivity index (χ0n) is 15.6. The molecule has 8 heteroatoms. The standard InChI is InChI=1S/C19H22N2O5S/c1-12-9-14(25-4)10-13(2)18(12)27(23,24)20-11-17-19(22)21(3)15-7-5-6-8-16(15)26-17/h5-10,17,20H,11H2,1-4H3. The van der Waals surface area contributed by atoms with Crippen molar-refractivity contribution in [3.05, 3.63) is 47.5 Å². The summed E-state index contributed by atoms with van der Waals surface area (Å²) in [6.45, 7) is 3.25. The first kappa shape index (κ1) is 19.2. The smallest absolute Gasteiger partial charge is 0.269 e. The highest BCUT2D eigenvalue weighted by Crippen LogP contribution is 2.32. The van der Waals surface area contributed by atoms with E-state index in [1.807, 2.05) is 6.07 Å². The predicted octanol–water partition coefficient (Wildman–Crippen LogP) is 2.01. The number of hydrogen-bond acceptors (Lipinski definition) is 5. The maximum Gasteiger partial charge on any atom is 0.269 e. The minimum absolute atomic E-state index is 0.162. The van der Waals surface area contributed by atoms with Gasteiger partial charge < -0.3 is 14.4 Å². The molecule has 1 atom stereocenters. The van der Waals surface area contributed by atoms with E-state index in [1.165, 1.54) is 12.0 Å². The van der Waals surface area contributed by atoms with Gasteiger partial charge in [-0.1, -0.05) is 12.1 Å². The number of para-hydroxylation sites is 2. The summed E-state index contributed by atoms with van der Waals surface area (Å²) in [6.07, 6.45) is -0.932. The molecule has 0 aromatic heterocycles. The number of anilines is 1. The summed E-state index contributed by atoms with van der Waals surface area (Å²) < 4.78 is 39.0. The summed E-state index contributed by atoms with van der Waals surface area (Å²) in [7, 11) is -0.650. The van der Waals surface area contributed by atoms with Crippen molar-refractivity contribution in [2.75, 3.05) is 25.6 Å². The van der Waals surface area contributed by atoms with Gasteiger partial charge >= 0.3 is 0 Å². The molecular weight excluding hydrogens is 368 g/mol. The van der Waals surface area contributed by atoms with Crippen LogP contribution in [0.15, 0.2) is 41.3 Å². The van der Waals surface area contributed by atoms with Gasteiger partial charge in [0, 0.05) is 7.05 Å². The van der Waals surface area contributed by atoms with Crippen molar-refractivity contribution < 1.29 is 22.7 Å². The monoisotopic (exact) mass is 390 g/mol. The first-order valence-electron chi connectivity index (χ1n) is 8.42. The Labute approximate surface area is 158 Å². The number of ether oxygens (including phenoxy) is 2. The van der Waals surface area contributed by atoms with Gasteiger partial charge in [0.1, 0.15) is 11.5 Å². The molecule has 27 heavy (non-hydrogen) atoms. The van der Waals surface area contributed by atoms with Crippen molar-refractivity contribution in [2.45, 2.75) is 24.8 Å². The fraction of sp³-hybridized carbons (Fsp3) is 0.316. The van der Waals surface area contributed by atoms with Crippen molar-refractivity contribution in [1.82, 2.24) is 4.72 Å². The molecule has 0 radical (unpaired) electrons. The normalized spacial score (nSPS) is 16.7. The first-order valence-corrected chi connectivity index (χ1v) is 9.91. The third-order valence-electron chi connectivity index (χ3n) is 4.50. The lowest BCUT2D eigenvalue weighted by molar-refractivity contribution is -0.125. The van der Waals surface area contributed by atoms with Gasteiger partial charge in [-0.15, -0.1) is 0 Å². The number of amides is 1. The van der Waals surface area contributed by atoms with Crippen LogP contribution >= 0.6 is 0 Å². The molecule has 0 saturated heterocycles. The Kier molecular flexibility index (Phi) is 5.12. The van der Waals surface area contributed by atoms with E-state index in [0.717, 1.165) is 0 Å². The Balaban J connectivity index is 1.82. The number of carbonyl (C=O) groups excluding carboxylic acids is 1. The zero-order valence-corrected chi connectivity index (χ0v) is 16.5. The van der Waals surface area contributed by atoms with Gasteiger partial charge in [-0.2, -0.15) is 0 Å². The van der Waals surface area contributed by atoms with Crippen molar-refractivity contribution in [3.63, 3.8) is 0 Å². The average Bonchev–Trinajstić information content (AvgIpc) is 2.62. The number of aryl methyl sites for hydroxylation is 2. The number of carbonyl (C=O) groups is 1. The van der Waals surface area contributed by atoms with E-state index in [9.17, 15) is 13.2 Å². The number of fused-ring (bicyclic) bond motifs is 1. The molecule has 0 fully saturated rings. The van der Waals surface area contributed by atoms with Gasteiger partial charge in [-0.25, -0.2) is 13.1 Å². The summed E-state index contributed by atoms with van der Waals surface area (Å²) in [5.41, 5.74) is 1.79. The predicted molar refractivity (Wildman–Crippen MR) is 102 cm³/mol. The number of rotatable bonds is 5. The van der Waals surface area contributed by atoms with Crippen LogP contribution in [-0.4, -0.2) is 41.1 Å². The highest BCUT2D eigenvalue weighted by molar-refractivity contribution is 7.89. The summed E-state index contributed by atoms with van der Waals surface area (Å²) >= 11 is 0. The third-order valence-corrected chi connectivity index (χ3v) is 6.23. The molecule has 1 heterocycles. The van der Waals surface area contributed by atoms with E-state index in [2.05, 4.69) is 4.72 Å². The SMILES string of the molecule is COc1cc(C)c(S(=O)(=O)NCC2Oc3ccccc3N(C)C2=O)c(C)c1. The molecule has 3 rings (SSSR count). The minimum atomic E-state index is -3.82. The maximum absolute atomic E-state index is 12.8. The molecule has 1 aliphatic heterocycles. The molecule has 0 spiro atoms. The summed E-state index contributed by atoms with van der Waals surface area (Å²) in [5.74, 6) is 0.827. The number of likely N-dealkylation sites (N-methyl/N-ethyl adjacent to an activating group) is 1. The first-order chi connectivity index (χ1) is 12.7. The molecule has 0 bridgehead atoms. The molecule has 1 unspecified atom stereocenters. The third kappa shape index (κ3) is 3.63. The maximum atomic E-state index is 12.8. The van der Waals surface area contributed by atoms with E-state index in [1.54, 1.807) is 51.2 Å². The summed E-state index contributed by atoms with van der Waals surface area (Å²) in [4.78, 5) is 14.2. The second-order valence-electron chi connectivity index (χ2n) is 6.41. The number of nitrogens with one attached hydrogen (secondary N) is 1. The van der Waals surface area contributed by atoms with Gasteiger partial charge in [0.25, 0.3) is 5.91 Å². The second kappa shape index (κ2) is 7.21. The zero-order chi connectivity index (χ0) is 19.8. The van der Waals surface area contributed by atoms with Crippen LogP contribution in [0.25, 0.3) is 0 Å². The van der Waals surface area contributed by atoms with E-state index in [4.69, 9.17) is 9.47 Å². The largest absolute Gasteiger partial charge is 0.497 e. The van der Waals surface area contributed by atoms with Crippen LogP contribution in [0.4, 0.5) is 5.69 Å². The van der Waals surface area contributed by atoms with Crippen molar-refractivity contribution >= 4 is 21.6 Å². The van der Waals surface area contributed by atoms with Crippen LogP contribution in [0.5, 0.6) is 11.5 Å². The van der Waals surface area contributed by atoms with Crippen LogP contribution in [0.3, 0.4) is 0 Å². The number of hydrogen-bond donors (Lipinski definition) is 1. The molecular formula is C19H22N2O5S. The molecule has 2 aromatic rings. The lowest BCUT2D eigenvalue weighted by atomic mass is 10.1. The minimum Gasteiger partial charge on any atom is -0.497 e. The Morgan fingerprint density at radius 1 is 1.19 bits per heavy atom. The molecule has 7 nitrogen and oxygen atoms in total. The second-order valence-corrected chi connectivity index (χ2v) is 8.12. The molecule has 0 aliphatic carbocycles. The van der Waals surface area contributed by atoms with Gasteiger partial charge in [-0.05, 0) is 49.2 Å². The van der Waals surface area contributed by atoms with Crippen LogP contribution in [0, 0.1) is 13.8 Å². The van der Waals surface area contributed by atoms with Crippen LogP contribution in [-0.2, 0) is 14.8 Å². The molecule has 1 aliphatic rings. The fourth-order valence-electron chi connectivity index (χ4n) is 3.21. The van der Waals surface area contributed by atoms with Crippen molar-refractivity contribution in [2.24, 2.45) is 0 Å². The van der Waals surface area contributed by atoms with E-state index in [-0.39, 0.29) is 17.3 Å². The van der Waals surface area contributed by atoms with Gasteiger partial charge in [-0.3, -0.25) is 4.79 Å². The van der Waals surface area contributed by atoms with Crippen molar-refractivity contribution in [3.8, 4) is 11.5 Å². The lowest BCUT2D eigenvalue weighted by Crippen LogP contribution is -2.49. The van der Waals surface area contributed by atoms with Gasteiger partial charge in [0.15, 0.2) is 6.10 Å². The van der Waals surface area contributed by atoms with Crippen LogP contribution in [0.2, 0.25) is 0 Å². The summed E-state index contributed by atoms with van der Waals surface area (Å²) in [6, 6.07) is 10.5. The Morgan fingerprint density at radius 3 is 2.44 bits per heavy atom. The molecule has 1 N–H and O–H groups in total. The Hall–Kier alpha value is -2.58. The average molecular weight is 390 g/mol. The van der Waals surface area contributed by atoms with Crippen molar-refractivity contribution in [1.29, 1.82) is 0 Å². The quantitative estimate of drug-likeness (QED) is 0.844. The van der Waals surface area contributed by atoms with Crippen LogP contribution in [0.1, 0.15) is 11.1 Å². The molecule has 1 amide bonds. The Morgan fingerprint density at radius 2 is 1.81 bits per heavy atom. The lowest BCUT2D eigenvalue weighted by Gasteiger charge is -2.32. The van der Waals surface area contributed by atoms with Gasteiger partial charge in [0.05, 0.1) is 24.2 Å². The molecule has 2 aromatic carbocycles. The highest BCUT2D eigenvalue weighted by Gasteiger charge is 2.33. The fourth-order valence-corrected chi connectivity index (χ4v) is 4.69. The number of methoxy groups -OCH3 is 1. The number of sulfonamides is 1. The van der Waals surface area contributed by atoms with Crippen LogP contribution < -0.4 is 19.1 Å². The summed E-state index contributed by atoms with van der Waals surface area (Å²) in [5, 5.41) is 0. The van der Waals surface area contributed by atoms with Gasteiger partial charge in [0.2, 0.25) is 10.0 Å². The molecule has 0 saturated carbocycles.